The van der Waals surface area contributed by atoms with E-state index >= 15 is 0 Å². The Balaban J connectivity index is 1.64. The Morgan fingerprint density at radius 2 is 1.86 bits per heavy atom. The van der Waals surface area contributed by atoms with E-state index in [1.807, 2.05) is 25.9 Å². The standard InChI is InChI=1S/C16H24N4O2/c1-4-17-16(19(2)3)18-7-8-20-14(21)12-10-5-6-11(9-10)13(12)15(20)22/h5-6,10-13H,4,7-9H2,1-3H3,(H,17,18). The number of hydrogen-bond acceptors (Lipinski definition) is 3. The van der Waals surface area contributed by atoms with Crippen LogP contribution in [0.25, 0.3) is 0 Å². The van der Waals surface area contributed by atoms with Crippen molar-refractivity contribution >= 4 is 17.8 Å². The molecule has 0 spiro atoms. The highest BCUT2D eigenvalue weighted by atomic mass is 16.2. The van der Waals surface area contributed by atoms with Crippen molar-refractivity contribution in [2.75, 3.05) is 33.7 Å². The van der Waals surface area contributed by atoms with Crippen LogP contribution in [0.15, 0.2) is 17.1 Å². The number of nitrogens with one attached hydrogen (secondary N) is 1. The van der Waals surface area contributed by atoms with E-state index in [1.165, 1.54) is 4.90 Å². The van der Waals surface area contributed by atoms with Crippen LogP contribution in [0.1, 0.15) is 13.3 Å². The van der Waals surface area contributed by atoms with Crippen molar-refractivity contribution < 1.29 is 9.59 Å². The molecule has 2 fully saturated rings. The molecular formula is C16H24N4O2. The number of aliphatic imine (C=N–C) groups is 1. The Morgan fingerprint density at radius 3 is 2.36 bits per heavy atom. The summed E-state index contributed by atoms with van der Waals surface area (Å²) in [5.74, 6) is 1.15. The van der Waals surface area contributed by atoms with E-state index in [4.69, 9.17) is 0 Å². The fraction of sp³-hybridized carbons (Fsp3) is 0.688. The molecule has 4 unspecified atom stereocenters. The second-order valence-electron chi connectivity index (χ2n) is 6.46. The Bertz CT molecular complexity index is 510. The predicted octanol–water partition coefficient (Wildman–Crippen LogP) is 0.321. The smallest absolute Gasteiger partial charge is 0.233 e. The van der Waals surface area contributed by atoms with Gasteiger partial charge in [-0.15, -0.1) is 0 Å². The van der Waals surface area contributed by atoms with Crippen LogP contribution in [0, 0.1) is 23.7 Å². The summed E-state index contributed by atoms with van der Waals surface area (Å²) in [7, 11) is 3.84. The fourth-order valence-electron chi connectivity index (χ4n) is 3.95. The van der Waals surface area contributed by atoms with E-state index < -0.39 is 0 Å². The third-order valence-corrected chi connectivity index (χ3v) is 4.91. The van der Waals surface area contributed by atoms with Gasteiger partial charge in [0.2, 0.25) is 11.8 Å². The van der Waals surface area contributed by atoms with E-state index in [2.05, 4.69) is 22.5 Å². The molecule has 1 aliphatic heterocycles. The van der Waals surface area contributed by atoms with Crippen LogP contribution < -0.4 is 5.32 Å². The molecule has 6 heteroatoms. The Kier molecular flexibility index (Phi) is 3.93. The van der Waals surface area contributed by atoms with Crippen molar-refractivity contribution in [3.63, 3.8) is 0 Å². The van der Waals surface area contributed by atoms with Gasteiger partial charge in [0.05, 0.1) is 18.4 Å². The molecule has 1 N–H and O–H groups in total. The Morgan fingerprint density at radius 1 is 1.27 bits per heavy atom. The van der Waals surface area contributed by atoms with Gasteiger partial charge >= 0.3 is 0 Å². The Labute approximate surface area is 131 Å². The van der Waals surface area contributed by atoms with Crippen molar-refractivity contribution in [1.29, 1.82) is 0 Å². The second-order valence-corrected chi connectivity index (χ2v) is 6.46. The van der Waals surface area contributed by atoms with Gasteiger partial charge in [-0.2, -0.15) is 0 Å². The molecule has 0 aromatic heterocycles. The van der Waals surface area contributed by atoms with E-state index in [1.54, 1.807) is 0 Å². The number of carbonyl (C=O) groups is 2. The first-order valence-corrected chi connectivity index (χ1v) is 8.03. The number of guanidine groups is 1. The molecular weight excluding hydrogens is 280 g/mol. The maximum atomic E-state index is 12.5. The maximum Gasteiger partial charge on any atom is 0.233 e. The summed E-state index contributed by atoms with van der Waals surface area (Å²) in [6, 6.07) is 0. The van der Waals surface area contributed by atoms with Gasteiger partial charge in [-0.3, -0.25) is 19.5 Å². The molecule has 1 saturated carbocycles. The van der Waals surface area contributed by atoms with Crippen LogP contribution in [0.2, 0.25) is 0 Å². The zero-order valence-electron chi connectivity index (χ0n) is 13.5. The summed E-state index contributed by atoms with van der Waals surface area (Å²) in [5, 5.41) is 3.17. The third-order valence-electron chi connectivity index (χ3n) is 4.91. The minimum atomic E-state index is -0.103. The van der Waals surface area contributed by atoms with Gasteiger partial charge in [0.25, 0.3) is 0 Å². The maximum absolute atomic E-state index is 12.5. The summed E-state index contributed by atoms with van der Waals surface area (Å²) in [6.45, 7) is 3.63. The van der Waals surface area contributed by atoms with Gasteiger partial charge < -0.3 is 10.2 Å². The van der Waals surface area contributed by atoms with Gasteiger partial charge in [-0.05, 0) is 25.2 Å². The molecule has 22 heavy (non-hydrogen) atoms. The molecule has 4 atom stereocenters. The fourth-order valence-corrected chi connectivity index (χ4v) is 3.95. The molecule has 3 rings (SSSR count). The summed E-state index contributed by atoms with van der Waals surface area (Å²) in [6.07, 6.45) is 5.21. The number of likely N-dealkylation sites (tertiary alicyclic amines) is 1. The summed E-state index contributed by atoms with van der Waals surface area (Å²) in [4.78, 5) is 32.8. The lowest BCUT2D eigenvalue weighted by Crippen LogP contribution is -2.38. The number of imide groups is 1. The van der Waals surface area contributed by atoms with Crippen molar-refractivity contribution in [3.8, 4) is 0 Å². The molecule has 2 amide bonds. The molecule has 2 bridgehead atoms. The number of rotatable bonds is 4. The van der Waals surface area contributed by atoms with Gasteiger partial charge in [-0.25, -0.2) is 0 Å². The monoisotopic (exact) mass is 304 g/mol. The summed E-state index contributed by atoms with van der Waals surface area (Å²) in [5.41, 5.74) is 0. The predicted molar refractivity (Wildman–Crippen MR) is 84.1 cm³/mol. The number of nitrogens with zero attached hydrogens (tertiary/aromatic N) is 3. The second kappa shape index (κ2) is 5.74. The molecule has 1 saturated heterocycles. The molecule has 6 nitrogen and oxygen atoms in total. The lowest BCUT2D eigenvalue weighted by Gasteiger charge is -2.19. The van der Waals surface area contributed by atoms with E-state index in [-0.39, 0.29) is 35.5 Å². The Hall–Kier alpha value is -1.85. The SMILES string of the molecule is CCNC(=NCCN1C(=O)C2C3C=CC(C3)C2C1=O)N(C)C. The van der Waals surface area contributed by atoms with Crippen LogP contribution in [0.4, 0.5) is 0 Å². The zero-order chi connectivity index (χ0) is 15.9. The molecule has 0 aromatic carbocycles. The summed E-state index contributed by atoms with van der Waals surface area (Å²) >= 11 is 0. The lowest BCUT2D eigenvalue weighted by molar-refractivity contribution is -0.140. The zero-order valence-corrected chi connectivity index (χ0v) is 13.5. The van der Waals surface area contributed by atoms with E-state index in [0.29, 0.717) is 13.1 Å². The van der Waals surface area contributed by atoms with Gasteiger partial charge in [0.1, 0.15) is 0 Å². The van der Waals surface area contributed by atoms with Crippen molar-refractivity contribution in [2.45, 2.75) is 13.3 Å². The molecule has 1 heterocycles. The average molecular weight is 304 g/mol. The molecule has 2 aliphatic carbocycles. The first kappa shape index (κ1) is 15.1. The third kappa shape index (κ3) is 2.30. The first-order valence-electron chi connectivity index (χ1n) is 8.03. The first-order chi connectivity index (χ1) is 10.5. The van der Waals surface area contributed by atoms with E-state index in [0.717, 1.165) is 18.9 Å². The van der Waals surface area contributed by atoms with Crippen molar-refractivity contribution in [1.82, 2.24) is 15.1 Å². The molecule has 3 aliphatic rings. The summed E-state index contributed by atoms with van der Waals surface area (Å²) < 4.78 is 0. The van der Waals surface area contributed by atoms with Crippen LogP contribution in [-0.2, 0) is 9.59 Å². The van der Waals surface area contributed by atoms with Crippen LogP contribution in [0.5, 0.6) is 0 Å². The topological polar surface area (TPSA) is 65.0 Å². The highest BCUT2D eigenvalue weighted by Gasteiger charge is 2.58. The highest BCUT2D eigenvalue weighted by molar-refractivity contribution is 6.06. The number of fused-ring (bicyclic) bond motifs is 5. The molecule has 120 valence electrons. The number of amides is 2. The average Bonchev–Trinajstić information content (AvgIpc) is 3.14. The van der Waals surface area contributed by atoms with Crippen LogP contribution in [0.3, 0.4) is 0 Å². The van der Waals surface area contributed by atoms with Crippen LogP contribution >= 0.6 is 0 Å². The lowest BCUT2D eigenvalue weighted by atomic mass is 9.85. The molecule has 0 aromatic rings. The van der Waals surface area contributed by atoms with Crippen LogP contribution in [-0.4, -0.2) is 61.3 Å². The minimum absolute atomic E-state index is 0.0110. The quantitative estimate of drug-likeness (QED) is 0.352. The number of carbonyl (C=O) groups excluding carboxylic acids is 2. The normalized spacial score (nSPS) is 32.9. The molecule has 0 radical (unpaired) electrons. The van der Waals surface area contributed by atoms with E-state index in [9.17, 15) is 9.59 Å². The van der Waals surface area contributed by atoms with Crippen molar-refractivity contribution in [2.24, 2.45) is 28.7 Å². The highest BCUT2D eigenvalue weighted by Crippen LogP contribution is 2.52. The van der Waals surface area contributed by atoms with Gasteiger partial charge in [-0.1, -0.05) is 12.2 Å². The van der Waals surface area contributed by atoms with Gasteiger partial charge in [0, 0.05) is 27.2 Å². The van der Waals surface area contributed by atoms with Gasteiger partial charge in [0.15, 0.2) is 5.96 Å². The largest absolute Gasteiger partial charge is 0.357 e. The number of hydrogen-bond donors (Lipinski definition) is 1. The number of allylic oxidation sites excluding steroid dienone is 2. The van der Waals surface area contributed by atoms with Crippen molar-refractivity contribution in [3.05, 3.63) is 12.2 Å². The minimum Gasteiger partial charge on any atom is -0.357 e.